The monoisotopic (exact) mass is 397 g/mol. The second-order valence-corrected chi connectivity index (χ2v) is 6.70. The van der Waals surface area contributed by atoms with E-state index in [9.17, 15) is 19.1 Å². The number of aliphatic hydroxyl groups is 2. The number of cyclic esters (lactones) is 1. The molecule has 2 aliphatic rings. The summed E-state index contributed by atoms with van der Waals surface area (Å²) in [6.07, 6.45) is -2.58. The average Bonchev–Trinajstić information content (AvgIpc) is 3.07. The van der Waals surface area contributed by atoms with Crippen LogP contribution in [-0.2, 0) is 14.3 Å². The topological polar surface area (TPSA) is 112 Å². The Morgan fingerprint density at radius 3 is 2.79 bits per heavy atom. The molecule has 28 heavy (non-hydrogen) atoms. The first-order valence-electron chi connectivity index (χ1n) is 9.14. The molecule has 2 saturated heterocycles. The number of rotatable bonds is 7. The van der Waals surface area contributed by atoms with Crippen LogP contribution in [0.4, 0.5) is 20.6 Å². The lowest BCUT2D eigenvalue weighted by Gasteiger charge is -2.29. The molecular weight excluding hydrogens is 373 g/mol. The number of nitrogens with zero attached hydrogens (tertiary/aromatic N) is 2. The fourth-order valence-corrected chi connectivity index (χ4v) is 3.14. The molecule has 3 rings (SSSR count). The molecule has 2 heterocycles. The smallest absolute Gasteiger partial charge is 0.414 e. The molecule has 1 unspecified atom stereocenters. The summed E-state index contributed by atoms with van der Waals surface area (Å²) in [6, 6.07) is 4.59. The average molecular weight is 397 g/mol. The zero-order valence-corrected chi connectivity index (χ0v) is 15.3. The van der Waals surface area contributed by atoms with Crippen molar-refractivity contribution in [2.75, 3.05) is 55.8 Å². The lowest BCUT2D eigenvalue weighted by molar-refractivity contribution is -0.123. The zero-order valence-electron chi connectivity index (χ0n) is 15.3. The van der Waals surface area contributed by atoms with Crippen molar-refractivity contribution in [3.63, 3.8) is 0 Å². The predicted octanol–water partition coefficient (Wildman–Crippen LogP) is -0.153. The number of carbonyl (C=O) groups is 2. The van der Waals surface area contributed by atoms with Crippen LogP contribution >= 0.6 is 0 Å². The van der Waals surface area contributed by atoms with Crippen LogP contribution in [0.1, 0.15) is 6.42 Å². The maximum absolute atomic E-state index is 14.6. The minimum Gasteiger partial charge on any atom is -0.442 e. The third-order valence-electron chi connectivity index (χ3n) is 4.63. The Kier molecular flexibility index (Phi) is 6.65. The van der Waals surface area contributed by atoms with E-state index in [0.29, 0.717) is 37.7 Å². The van der Waals surface area contributed by atoms with Crippen molar-refractivity contribution >= 4 is 23.4 Å². The van der Waals surface area contributed by atoms with E-state index in [1.165, 1.54) is 11.0 Å². The van der Waals surface area contributed by atoms with Crippen LogP contribution < -0.4 is 15.1 Å². The summed E-state index contributed by atoms with van der Waals surface area (Å²) < 4.78 is 25.0. The molecule has 9 nitrogen and oxygen atoms in total. The lowest BCUT2D eigenvalue weighted by Crippen LogP contribution is -2.37. The number of morpholine rings is 1. The minimum absolute atomic E-state index is 0.0631. The Morgan fingerprint density at radius 1 is 1.36 bits per heavy atom. The Morgan fingerprint density at radius 2 is 2.11 bits per heavy atom. The van der Waals surface area contributed by atoms with E-state index in [-0.39, 0.29) is 19.5 Å². The van der Waals surface area contributed by atoms with Gasteiger partial charge in [-0.3, -0.25) is 9.69 Å². The van der Waals surface area contributed by atoms with E-state index in [2.05, 4.69) is 5.32 Å². The molecule has 2 atom stereocenters. The summed E-state index contributed by atoms with van der Waals surface area (Å²) in [5.41, 5.74) is 0.843. The van der Waals surface area contributed by atoms with Crippen LogP contribution in [0.15, 0.2) is 18.2 Å². The third kappa shape index (κ3) is 4.89. The van der Waals surface area contributed by atoms with Crippen LogP contribution in [-0.4, -0.2) is 80.4 Å². The minimum atomic E-state index is -1.13. The normalized spacial score (nSPS) is 20.8. The molecule has 0 bridgehead atoms. The number of halogens is 1. The molecule has 0 spiro atoms. The predicted molar refractivity (Wildman–Crippen MR) is 97.8 cm³/mol. The third-order valence-corrected chi connectivity index (χ3v) is 4.63. The summed E-state index contributed by atoms with van der Waals surface area (Å²) in [5.74, 6) is -0.890. The number of nitrogens with one attached hydrogen (secondary N) is 1. The van der Waals surface area contributed by atoms with Gasteiger partial charge in [-0.25, -0.2) is 9.18 Å². The summed E-state index contributed by atoms with van der Waals surface area (Å²) in [4.78, 5) is 27.0. The van der Waals surface area contributed by atoms with Crippen molar-refractivity contribution < 1.29 is 33.7 Å². The van der Waals surface area contributed by atoms with Crippen LogP contribution in [0.2, 0.25) is 0 Å². The lowest BCUT2D eigenvalue weighted by atomic mass is 10.2. The molecule has 154 valence electrons. The van der Waals surface area contributed by atoms with E-state index in [1.807, 2.05) is 4.90 Å². The Hall–Kier alpha value is -2.43. The molecule has 3 N–H and O–H groups in total. The van der Waals surface area contributed by atoms with Gasteiger partial charge in [0.25, 0.3) is 0 Å². The van der Waals surface area contributed by atoms with Gasteiger partial charge in [-0.2, -0.15) is 0 Å². The summed E-state index contributed by atoms with van der Waals surface area (Å²) >= 11 is 0. The number of benzene rings is 1. The van der Waals surface area contributed by atoms with Gasteiger partial charge in [-0.15, -0.1) is 0 Å². The number of aliphatic hydroxyl groups excluding tert-OH is 2. The number of anilines is 2. The van der Waals surface area contributed by atoms with Gasteiger partial charge in [0, 0.05) is 13.1 Å². The van der Waals surface area contributed by atoms with Gasteiger partial charge in [0.15, 0.2) is 0 Å². The Balaban J connectivity index is 1.57. The Bertz CT molecular complexity index is 713. The number of hydrogen-bond acceptors (Lipinski definition) is 7. The summed E-state index contributed by atoms with van der Waals surface area (Å²) in [5, 5.41) is 20.5. The molecule has 2 fully saturated rings. The van der Waals surface area contributed by atoms with Crippen LogP contribution in [0.3, 0.4) is 0 Å². The molecule has 2 aliphatic heterocycles. The fraction of sp³-hybridized carbons (Fsp3) is 0.556. The molecule has 10 heteroatoms. The Labute approximate surface area is 161 Å². The number of ether oxygens (including phenoxy) is 2. The van der Waals surface area contributed by atoms with Crippen molar-refractivity contribution in [1.29, 1.82) is 0 Å². The van der Waals surface area contributed by atoms with E-state index in [1.54, 1.807) is 12.1 Å². The summed E-state index contributed by atoms with van der Waals surface area (Å²) in [7, 11) is 0. The quantitative estimate of drug-likeness (QED) is 0.587. The van der Waals surface area contributed by atoms with Gasteiger partial charge in [0.2, 0.25) is 5.91 Å². The number of carbonyl (C=O) groups excluding carboxylic acids is 2. The second kappa shape index (κ2) is 9.18. The van der Waals surface area contributed by atoms with E-state index < -0.39 is 36.6 Å². The maximum Gasteiger partial charge on any atom is 0.414 e. The van der Waals surface area contributed by atoms with Gasteiger partial charge >= 0.3 is 6.09 Å². The van der Waals surface area contributed by atoms with Crippen molar-refractivity contribution in [1.82, 2.24) is 5.32 Å². The number of hydrogen-bond donors (Lipinski definition) is 3. The van der Waals surface area contributed by atoms with Crippen molar-refractivity contribution in [2.45, 2.75) is 18.6 Å². The largest absolute Gasteiger partial charge is 0.442 e. The van der Waals surface area contributed by atoms with E-state index in [4.69, 9.17) is 14.6 Å². The van der Waals surface area contributed by atoms with Crippen molar-refractivity contribution in [2.24, 2.45) is 0 Å². The molecule has 0 aromatic heterocycles. The first-order chi connectivity index (χ1) is 13.5. The van der Waals surface area contributed by atoms with Crippen molar-refractivity contribution in [3.05, 3.63) is 24.0 Å². The van der Waals surface area contributed by atoms with Gasteiger partial charge in [0.1, 0.15) is 11.9 Å². The highest BCUT2D eigenvalue weighted by Crippen LogP contribution is 2.28. The second-order valence-electron chi connectivity index (χ2n) is 6.70. The SMILES string of the molecule is O=C(CC(O)CO)NC[C@H]1CN(c2ccc(N3CCOCC3)c(F)c2)C(=O)O1. The maximum atomic E-state index is 14.6. The molecular formula is C18H24FN3O6. The van der Waals surface area contributed by atoms with Crippen LogP contribution in [0.25, 0.3) is 0 Å². The molecule has 1 aromatic carbocycles. The number of amides is 2. The van der Waals surface area contributed by atoms with Gasteiger partial charge in [-0.1, -0.05) is 0 Å². The first-order valence-corrected chi connectivity index (χ1v) is 9.14. The highest BCUT2D eigenvalue weighted by molar-refractivity contribution is 5.90. The van der Waals surface area contributed by atoms with Crippen molar-refractivity contribution in [3.8, 4) is 0 Å². The standard InChI is InChI=1S/C18H24FN3O6/c19-15-7-12(1-2-16(15)21-3-5-27-6-4-21)22-10-14(28-18(22)26)9-20-17(25)8-13(24)11-23/h1-2,7,13-14,23-24H,3-6,8-11H2,(H,20,25)/t13?,14-/m0/s1. The van der Waals surface area contributed by atoms with Gasteiger partial charge in [-0.05, 0) is 18.2 Å². The molecule has 0 radical (unpaired) electrons. The molecule has 2 amide bonds. The first kappa shape index (κ1) is 20.3. The fourth-order valence-electron chi connectivity index (χ4n) is 3.14. The summed E-state index contributed by atoms with van der Waals surface area (Å²) in [6.45, 7) is 2.02. The molecule has 0 aliphatic carbocycles. The zero-order chi connectivity index (χ0) is 20.1. The van der Waals surface area contributed by atoms with Gasteiger partial charge in [0.05, 0.1) is 56.8 Å². The van der Waals surface area contributed by atoms with E-state index >= 15 is 0 Å². The molecule has 1 aromatic rings. The van der Waals surface area contributed by atoms with Crippen LogP contribution in [0.5, 0.6) is 0 Å². The van der Waals surface area contributed by atoms with E-state index in [0.717, 1.165) is 0 Å². The van der Waals surface area contributed by atoms with Gasteiger partial charge < -0.3 is 29.9 Å². The van der Waals surface area contributed by atoms with Crippen LogP contribution in [0, 0.1) is 5.82 Å². The molecule has 0 saturated carbocycles. The highest BCUT2D eigenvalue weighted by Gasteiger charge is 2.33. The highest BCUT2D eigenvalue weighted by atomic mass is 19.1.